The van der Waals surface area contributed by atoms with Gasteiger partial charge in [0, 0.05) is 23.7 Å². The highest BCUT2D eigenvalue weighted by Crippen LogP contribution is 2.34. The van der Waals surface area contributed by atoms with Gasteiger partial charge in [0.25, 0.3) is 5.91 Å². The number of aromatic nitrogens is 1. The maximum absolute atomic E-state index is 13.0. The summed E-state index contributed by atoms with van der Waals surface area (Å²) in [6.07, 6.45) is 5.37. The van der Waals surface area contributed by atoms with Gasteiger partial charge in [0.15, 0.2) is 0 Å². The number of rotatable bonds is 10. The number of thiazole rings is 1. The molecule has 1 amide bonds. The molecule has 1 aromatic heterocycles. The first-order chi connectivity index (χ1) is 16.5. The van der Waals surface area contributed by atoms with Crippen molar-refractivity contribution >= 4 is 34.9 Å². The molecule has 0 saturated carbocycles. The molecule has 0 saturated heterocycles. The van der Waals surface area contributed by atoms with E-state index in [2.05, 4.69) is 11.6 Å². The Bertz CT molecular complexity index is 1250. The van der Waals surface area contributed by atoms with Crippen LogP contribution in [0.2, 0.25) is 0 Å². The van der Waals surface area contributed by atoms with Crippen molar-refractivity contribution in [2.75, 3.05) is 0 Å². The number of aryl methyl sites for hydroxylation is 1. The lowest BCUT2D eigenvalue weighted by Gasteiger charge is -2.24. The lowest BCUT2D eigenvalue weighted by Crippen LogP contribution is -2.34. The number of hydrogen-bond donors (Lipinski definition) is 0. The second kappa shape index (κ2) is 10.6. The molecule has 0 bridgehead atoms. The van der Waals surface area contributed by atoms with Crippen molar-refractivity contribution in [1.29, 1.82) is 0 Å². The number of carbonyl (C=O) groups excluding carboxylic acids is 2. The SMILES string of the molecule is C=CC(CCC=O)N1Cc2c(OCc3cnc(/C(C)=N/c4ccccc4C)s3)cccc2C1=O. The number of benzene rings is 2. The molecule has 6 nitrogen and oxygen atoms in total. The summed E-state index contributed by atoms with van der Waals surface area (Å²) in [4.78, 5) is 35.7. The highest BCUT2D eigenvalue weighted by atomic mass is 32.1. The molecule has 34 heavy (non-hydrogen) atoms. The Labute approximate surface area is 203 Å². The largest absolute Gasteiger partial charge is 0.488 e. The molecule has 3 aromatic rings. The third-order valence-electron chi connectivity index (χ3n) is 5.84. The summed E-state index contributed by atoms with van der Waals surface area (Å²) in [6, 6.07) is 13.4. The quantitative estimate of drug-likeness (QED) is 0.216. The second-order valence-electron chi connectivity index (χ2n) is 8.17. The van der Waals surface area contributed by atoms with Crippen LogP contribution in [0.25, 0.3) is 0 Å². The predicted octanol–water partition coefficient (Wildman–Crippen LogP) is 5.66. The van der Waals surface area contributed by atoms with Crippen LogP contribution in [0, 0.1) is 6.92 Å². The second-order valence-corrected chi connectivity index (χ2v) is 9.28. The van der Waals surface area contributed by atoms with Crippen LogP contribution >= 0.6 is 11.3 Å². The summed E-state index contributed by atoms with van der Waals surface area (Å²) in [6.45, 7) is 8.64. The first-order valence-corrected chi connectivity index (χ1v) is 12.0. The van der Waals surface area contributed by atoms with Crippen LogP contribution in [0.4, 0.5) is 5.69 Å². The molecule has 2 heterocycles. The summed E-state index contributed by atoms with van der Waals surface area (Å²) >= 11 is 1.55. The highest BCUT2D eigenvalue weighted by Gasteiger charge is 2.33. The summed E-state index contributed by atoms with van der Waals surface area (Å²) < 4.78 is 6.13. The van der Waals surface area contributed by atoms with Crippen molar-refractivity contribution in [1.82, 2.24) is 9.88 Å². The summed E-state index contributed by atoms with van der Waals surface area (Å²) in [5.41, 5.74) is 4.42. The minimum absolute atomic E-state index is 0.0561. The highest BCUT2D eigenvalue weighted by molar-refractivity contribution is 7.13. The Hall–Kier alpha value is -3.58. The molecule has 174 valence electrons. The first-order valence-electron chi connectivity index (χ1n) is 11.2. The number of aliphatic imine (C=N–C) groups is 1. The van der Waals surface area contributed by atoms with Crippen LogP contribution in [0.1, 0.15) is 51.1 Å². The van der Waals surface area contributed by atoms with Crippen LogP contribution < -0.4 is 4.74 Å². The molecule has 1 aliphatic rings. The van der Waals surface area contributed by atoms with Gasteiger partial charge in [0.05, 0.1) is 28.9 Å². The number of fused-ring (bicyclic) bond motifs is 1. The molecule has 1 atom stereocenters. The Balaban J connectivity index is 1.46. The van der Waals surface area contributed by atoms with Gasteiger partial charge >= 0.3 is 0 Å². The number of hydrogen-bond acceptors (Lipinski definition) is 6. The average Bonchev–Trinajstić information content (AvgIpc) is 3.45. The molecule has 0 fully saturated rings. The van der Waals surface area contributed by atoms with E-state index in [0.29, 0.717) is 37.3 Å². The van der Waals surface area contributed by atoms with Gasteiger partial charge in [-0.3, -0.25) is 9.79 Å². The Morgan fingerprint density at radius 1 is 1.29 bits per heavy atom. The fourth-order valence-electron chi connectivity index (χ4n) is 3.98. The summed E-state index contributed by atoms with van der Waals surface area (Å²) in [5, 5.41) is 0.852. The van der Waals surface area contributed by atoms with Crippen molar-refractivity contribution in [3.05, 3.63) is 87.9 Å². The first kappa shape index (κ1) is 23.6. The molecule has 0 aliphatic carbocycles. The normalized spacial score (nSPS) is 14.1. The molecular formula is C27H27N3O3S. The van der Waals surface area contributed by atoms with E-state index in [1.807, 2.05) is 62.5 Å². The maximum Gasteiger partial charge on any atom is 0.255 e. The molecule has 4 rings (SSSR count). The number of carbonyl (C=O) groups is 2. The Morgan fingerprint density at radius 2 is 2.12 bits per heavy atom. The topological polar surface area (TPSA) is 71.9 Å². The molecule has 1 unspecified atom stereocenters. The number of ether oxygens (including phenoxy) is 1. The number of nitrogens with zero attached hydrogens (tertiary/aromatic N) is 3. The van der Waals surface area contributed by atoms with Gasteiger partial charge in [0.2, 0.25) is 0 Å². The van der Waals surface area contributed by atoms with Crippen molar-refractivity contribution in [3.8, 4) is 5.75 Å². The van der Waals surface area contributed by atoms with E-state index in [1.165, 1.54) is 0 Å². The van der Waals surface area contributed by atoms with Crippen molar-refractivity contribution < 1.29 is 14.3 Å². The number of amides is 1. The zero-order chi connectivity index (χ0) is 24.1. The molecule has 0 radical (unpaired) electrons. The molecular weight excluding hydrogens is 446 g/mol. The van der Waals surface area contributed by atoms with E-state index in [9.17, 15) is 9.59 Å². The average molecular weight is 474 g/mol. The molecule has 0 N–H and O–H groups in total. The van der Waals surface area contributed by atoms with Crippen molar-refractivity contribution in [2.45, 2.75) is 45.9 Å². The van der Waals surface area contributed by atoms with Gasteiger partial charge in [-0.2, -0.15) is 0 Å². The summed E-state index contributed by atoms with van der Waals surface area (Å²) in [5.74, 6) is 0.631. The van der Waals surface area contributed by atoms with Crippen LogP contribution in [0.15, 0.2) is 66.3 Å². The lowest BCUT2D eigenvalue weighted by atomic mass is 10.1. The van der Waals surface area contributed by atoms with Crippen LogP contribution in [0.5, 0.6) is 5.75 Å². The lowest BCUT2D eigenvalue weighted by molar-refractivity contribution is -0.108. The number of aldehydes is 1. The fourth-order valence-corrected chi connectivity index (χ4v) is 4.75. The zero-order valence-electron chi connectivity index (χ0n) is 19.4. The standard InChI is InChI=1S/C27H27N3O3S/c1-4-20(10-8-14-31)30-16-23-22(27(30)32)11-7-13-25(23)33-17-21-15-28-26(34-21)19(3)29-24-12-6-5-9-18(24)2/h4-7,9,11-15,20H,1,8,10,16-17H2,2-3H3/b29-19+. The van der Waals surface area contributed by atoms with Crippen molar-refractivity contribution in [2.24, 2.45) is 4.99 Å². The third-order valence-corrected chi connectivity index (χ3v) is 6.92. The van der Waals surface area contributed by atoms with Gasteiger partial charge in [-0.15, -0.1) is 17.9 Å². The van der Waals surface area contributed by atoms with Gasteiger partial charge in [-0.25, -0.2) is 4.98 Å². The Morgan fingerprint density at radius 3 is 2.88 bits per heavy atom. The van der Waals surface area contributed by atoms with E-state index >= 15 is 0 Å². The minimum Gasteiger partial charge on any atom is -0.488 e. The molecule has 2 aromatic carbocycles. The molecule has 1 aliphatic heterocycles. The summed E-state index contributed by atoms with van der Waals surface area (Å²) in [7, 11) is 0. The minimum atomic E-state index is -0.183. The molecule has 7 heteroatoms. The third kappa shape index (κ3) is 4.99. The van der Waals surface area contributed by atoms with Gasteiger partial charge in [-0.05, 0) is 44.0 Å². The van der Waals surface area contributed by atoms with E-state index in [-0.39, 0.29) is 11.9 Å². The van der Waals surface area contributed by atoms with Crippen LogP contribution in [-0.2, 0) is 17.9 Å². The van der Waals surface area contributed by atoms with Gasteiger partial charge in [0.1, 0.15) is 23.7 Å². The number of para-hydroxylation sites is 1. The van der Waals surface area contributed by atoms with Crippen molar-refractivity contribution in [3.63, 3.8) is 0 Å². The molecule has 0 spiro atoms. The zero-order valence-corrected chi connectivity index (χ0v) is 20.2. The van der Waals surface area contributed by atoms with Gasteiger partial charge in [-0.1, -0.05) is 30.3 Å². The van der Waals surface area contributed by atoms with Crippen LogP contribution in [0.3, 0.4) is 0 Å². The van der Waals surface area contributed by atoms with E-state index in [1.54, 1.807) is 22.3 Å². The van der Waals surface area contributed by atoms with Crippen LogP contribution in [-0.4, -0.2) is 33.8 Å². The van der Waals surface area contributed by atoms with E-state index in [4.69, 9.17) is 9.73 Å². The maximum atomic E-state index is 13.0. The van der Waals surface area contributed by atoms with E-state index < -0.39 is 0 Å². The smallest absolute Gasteiger partial charge is 0.255 e. The monoisotopic (exact) mass is 473 g/mol. The van der Waals surface area contributed by atoms with E-state index in [0.717, 1.165) is 38.7 Å². The van der Waals surface area contributed by atoms with Gasteiger partial charge < -0.3 is 14.4 Å². The fraction of sp³-hybridized carbons (Fsp3) is 0.259. The predicted molar refractivity (Wildman–Crippen MR) is 135 cm³/mol. The Kier molecular flexibility index (Phi) is 7.33.